The molecule has 0 fully saturated rings. The van der Waals surface area contributed by atoms with Gasteiger partial charge in [-0.3, -0.25) is 4.79 Å². The zero-order valence-corrected chi connectivity index (χ0v) is 6.78. The molecular formula is C7H14O4. The van der Waals surface area contributed by atoms with Crippen LogP contribution in [0.1, 0.15) is 26.7 Å². The molecule has 4 nitrogen and oxygen atoms in total. The van der Waals surface area contributed by atoms with Crippen LogP contribution >= 0.6 is 0 Å². The summed E-state index contributed by atoms with van der Waals surface area (Å²) in [6, 6.07) is 0. The Hall–Kier alpha value is -0.610. The van der Waals surface area contributed by atoms with E-state index in [-0.39, 0.29) is 5.92 Å². The first-order valence-corrected chi connectivity index (χ1v) is 3.68. The van der Waals surface area contributed by atoms with Gasteiger partial charge in [-0.25, -0.2) is 0 Å². The van der Waals surface area contributed by atoms with Crippen molar-refractivity contribution < 1.29 is 19.7 Å². The third-order valence-corrected chi connectivity index (χ3v) is 1.54. The molecule has 4 heteroatoms. The Kier molecular flexibility index (Phi) is 4.81. The number of aliphatic hydroxyl groups is 2. The molecule has 0 unspecified atom stereocenters. The number of esters is 1. The van der Waals surface area contributed by atoms with Crippen LogP contribution in [0.25, 0.3) is 0 Å². The van der Waals surface area contributed by atoms with Crippen LogP contribution in [0.5, 0.6) is 0 Å². The monoisotopic (exact) mass is 162 g/mol. The average Bonchev–Trinajstić information content (AvgIpc) is 1.88. The average molecular weight is 162 g/mol. The Balaban J connectivity index is 3.79. The van der Waals surface area contributed by atoms with Gasteiger partial charge in [0.2, 0.25) is 0 Å². The van der Waals surface area contributed by atoms with Crippen LogP contribution in [0, 0.1) is 5.92 Å². The molecule has 0 aliphatic rings. The second-order valence-corrected chi connectivity index (χ2v) is 2.28. The van der Waals surface area contributed by atoms with Crippen LogP contribution in [0.15, 0.2) is 0 Å². The van der Waals surface area contributed by atoms with Crippen molar-refractivity contribution in [3.05, 3.63) is 0 Å². The summed E-state index contributed by atoms with van der Waals surface area (Å²) in [6.07, 6.45) is 1.31. The largest absolute Gasteiger partial charge is 0.410 e. The van der Waals surface area contributed by atoms with E-state index >= 15 is 0 Å². The molecule has 0 saturated heterocycles. The van der Waals surface area contributed by atoms with Crippen molar-refractivity contribution in [1.29, 1.82) is 0 Å². The predicted molar refractivity (Wildman–Crippen MR) is 38.4 cm³/mol. The number of hydrogen-bond acceptors (Lipinski definition) is 4. The molecule has 0 aromatic rings. The molecule has 0 radical (unpaired) electrons. The molecule has 0 spiro atoms. The molecule has 0 aromatic carbocycles. The molecule has 66 valence electrons. The minimum absolute atomic E-state index is 0.225. The molecule has 0 aromatic heterocycles. The van der Waals surface area contributed by atoms with E-state index in [4.69, 9.17) is 10.2 Å². The van der Waals surface area contributed by atoms with E-state index in [1.54, 1.807) is 0 Å². The third kappa shape index (κ3) is 3.95. The van der Waals surface area contributed by atoms with E-state index in [0.29, 0.717) is 12.8 Å². The smallest absolute Gasteiger partial charge is 0.313 e. The highest BCUT2D eigenvalue weighted by molar-refractivity contribution is 5.72. The van der Waals surface area contributed by atoms with Crippen molar-refractivity contribution in [2.75, 3.05) is 0 Å². The van der Waals surface area contributed by atoms with Gasteiger partial charge in [-0.15, -0.1) is 0 Å². The number of rotatable bonds is 4. The number of aliphatic hydroxyl groups excluding tert-OH is 1. The van der Waals surface area contributed by atoms with Crippen molar-refractivity contribution in [3.8, 4) is 0 Å². The Morgan fingerprint density at radius 2 is 1.82 bits per heavy atom. The lowest BCUT2D eigenvalue weighted by Gasteiger charge is -2.11. The van der Waals surface area contributed by atoms with Crippen LogP contribution in [0.4, 0.5) is 0 Å². The summed E-state index contributed by atoms with van der Waals surface area (Å²) >= 11 is 0. The number of carbonyl (C=O) groups excluding carboxylic acids is 1. The molecule has 0 amide bonds. The lowest BCUT2D eigenvalue weighted by Crippen LogP contribution is -2.22. The Labute approximate surface area is 65.8 Å². The molecule has 0 heterocycles. The van der Waals surface area contributed by atoms with Gasteiger partial charge < -0.3 is 14.9 Å². The van der Waals surface area contributed by atoms with Gasteiger partial charge in [0.1, 0.15) is 0 Å². The summed E-state index contributed by atoms with van der Waals surface area (Å²) in [6.45, 7) is 1.71. The summed E-state index contributed by atoms with van der Waals surface area (Å²) in [7, 11) is 0. The van der Waals surface area contributed by atoms with Crippen LogP contribution in [-0.2, 0) is 9.53 Å². The van der Waals surface area contributed by atoms with Gasteiger partial charge in [0.25, 0.3) is 0 Å². The SMILES string of the molecule is CCC(CC)C(=O)OC(O)O. The normalized spacial score (nSPS) is 10.7. The zero-order chi connectivity index (χ0) is 8.85. The molecule has 0 bridgehead atoms. The van der Waals surface area contributed by atoms with Crippen molar-refractivity contribution >= 4 is 5.97 Å². The van der Waals surface area contributed by atoms with E-state index in [0.717, 1.165) is 0 Å². The van der Waals surface area contributed by atoms with E-state index in [9.17, 15) is 4.79 Å². The summed E-state index contributed by atoms with van der Waals surface area (Å²) < 4.78 is 4.17. The summed E-state index contributed by atoms with van der Waals surface area (Å²) in [5, 5.41) is 16.6. The fourth-order valence-electron chi connectivity index (χ4n) is 0.822. The minimum atomic E-state index is -1.98. The molecule has 0 saturated carbocycles. The highest BCUT2D eigenvalue weighted by atomic mass is 16.7. The van der Waals surface area contributed by atoms with Crippen molar-refractivity contribution in [1.82, 2.24) is 0 Å². The van der Waals surface area contributed by atoms with Gasteiger partial charge in [-0.1, -0.05) is 13.8 Å². The quantitative estimate of drug-likeness (QED) is 0.459. The molecular weight excluding hydrogens is 148 g/mol. The second-order valence-electron chi connectivity index (χ2n) is 2.28. The number of hydrogen-bond donors (Lipinski definition) is 2. The van der Waals surface area contributed by atoms with Crippen molar-refractivity contribution in [2.45, 2.75) is 33.2 Å². The summed E-state index contributed by atoms with van der Waals surface area (Å²) in [5.41, 5.74) is 0. The van der Waals surface area contributed by atoms with Crippen LogP contribution < -0.4 is 0 Å². The maximum Gasteiger partial charge on any atom is 0.313 e. The lowest BCUT2D eigenvalue weighted by atomic mass is 10.0. The molecule has 0 rings (SSSR count). The Morgan fingerprint density at radius 1 is 1.36 bits per heavy atom. The summed E-state index contributed by atoms with van der Waals surface area (Å²) in [5.74, 6) is -0.776. The highest BCUT2D eigenvalue weighted by Gasteiger charge is 2.17. The van der Waals surface area contributed by atoms with Crippen molar-refractivity contribution in [3.63, 3.8) is 0 Å². The van der Waals surface area contributed by atoms with Crippen LogP contribution in [0.3, 0.4) is 0 Å². The minimum Gasteiger partial charge on any atom is -0.410 e. The van der Waals surface area contributed by atoms with E-state index < -0.39 is 12.4 Å². The van der Waals surface area contributed by atoms with E-state index in [1.807, 2.05) is 13.8 Å². The first-order valence-electron chi connectivity index (χ1n) is 3.68. The van der Waals surface area contributed by atoms with E-state index in [2.05, 4.69) is 4.74 Å². The molecule has 0 aliphatic heterocycles. The van der Waals surface area contributed by atoms with Crippen LogP contribution in [-0.4, -0.2) is 22.7 Å². The fourth-order valence-corrected chi connectivity index (χ4v) is 0.822. The molecule has 0 atom stereocenters. The third-order valence-electron chi connectivity index (χ3n) is 1.54. The maximum atomic E-state index is 10.9. The predicted octanol–water partition coefficient (Wildman–Crippen LogP) is 0.234. The standard InChI is InChI=1S/C7H14O4/c1-3-5(4-2)6(8)11-7(9)10/h5,7,9-10H,3-4H2,1-2H3. The fraction of sp³-hybridized carbons (Fsp3) is 0.857. The van der Waals surface area contributed by atoms with E-state index in [1.165, 1.54) is 0 Å². The Bertz CT molecular complexity index is 118. The van der Waals surface area contributed by atoms with Gasteiger partial charge in [0.05, 0.1) is 5.92 Å². The first kappa shape index (κ1) is 10.4. The van der Waals surface area contributed by atoms with Gasteiger partial charge in [0.15, 0.2) is 0 Å². The van der Waals surface area contributed by atoms with Gasteiger partial charge in [0, 0.05) is 0 Å². The van der Waals surface area contributed by atoms with Gasteiger partial charge in [-0.05, 0) is 12.8 Å². The zero-order valence-electron chi connectivity index (χ0n) is 6.78. The number of ether oxygens (including phenoxy) is 1. The van der Waals surface area contributed by atoms with Crippen molar-refractivity contribution in [2.24, 2.45) is 5.92 Å². The topological polar surface area (TPSA) is 66.8 Å². The summed E-state index contributed by atoms with van der Waals surface area (Å²) in [4.78, 5) is 10.9. The highest BCUT2D eigenvalue weighted by Crippen LogP contribution is 2.09. The molecule has 0 aliphatic carbocycles. The molecule has 11 heavy (non-hydrogen) atoms. The lowest BCUT2D eigenvalue weighted by molar-refractivity contribution is -0.233. The second kappa shape index (κ2) is 5.09. The Morgan fingerprint density at radius 3 is 2.09 bits per heavy atom. The number of carbonyl (C=O) groups is 1. The first-order chi connectivity index (χ1) is 5.11. The van der Waals surface area contributed by atoms with Gasteiger partial charge >= 0.3 is 12.4 Å². The maximum absolute atomic E-state index is 10.9. The van der Waals surface area contributed by atoms with Crippen LogP contribution in [0.2, 0.25) is 0 Å². The molecule has 2 N–H and O–H groups in total. The van der Waals surface area contributed by atoms with Gasteiger partial charge in [-0.2, -0.15) is 0 Å².